The molecule has 1 aromatic carbocycles. The molecule has 3 N–H and O–H groups in total. The minimum atomic E-state index is -1.10. The van der Waals surface area contributed by atoms with Gasteiger partial charge in [0.25, 0.3) is 0 Å². The second-order valence-corrected chi connectivity index (χ2v) is 3.78. The molecule has 0 saturated carbocycles. The van der Waals surface area contributed by atoms with E-state index in [0.717, 1.165) is 0 Å². The molecular weight excluding hydrogens is 239 g/mol. The Hall–Kier alpha value is -2.28. The number of aliphatic carboxylic acids is 1. The summed E-state index contributed by atoms with van der Waals surface area (Å²) < 4.78 is 14.4. The number of nitrogens with zero attached hydrogens (tertiary/aromatic N) is 3. The maximum atomic E-state index is 13.0. The van der Waals surface area contributed by atoms with Gasteiger partial charge in [0.15, 0.2) is 0 Å². The first kappa shape index (κ1) is 12.2. The van der Waals surface area contributed by atoms with Crippen LogP contribution in [-0.4, -0.2) is 32.1 Å². The third-order valence-corrected chi connectivity index (χ3v) is 2.36. The first-order valence-corrected chi connectivity index (χ1v) is 5.22. The third-order valence-electron chi connectivity index (χ3n) is 2.36. The molecule has 6 nitrogen and oxygen atoms in total. The minimum absolute atomic E-state index is 0.0741. The van der Waals surface area contributed by atoms with Gasteiger partial charge in [-0.05, 0) is 18.2 Å². The molecule has 18 heavy (non-hydrogen) atoms. The quantitative estimate of drug-likeness (QED) is 0.817. The highest BCUT2D eigenvalue weighted by atomic mass is 19.1. The van der Waals surface area contributed by atoms with Crippen molar-refractivity contribution in [2.45, 2.75) is 12.5 Å². The van der Waals surface area contributed by atoms with Gasteiger partial charge >= 0.3 is 5.97 Å². The van der Waals surface area contributed by atoms with Crippen molar-refractivity contribution < 1.29 is 14.3 Å². The number of carboxylic acids is 1. The van der Waals surface area contributed by atoms with Crippen molar-refractivity contribution in [2.24, 2.45) is 5.73 Å². The van der Waals surface area contributed by atoms with E-state index in [9.17, 15) is 9.18 Å². The summed E-state index contributed by atoms with van der Waals surface area (Å²) in [6.45, 7) is 0. The number of rotatable bonds is 4. The zero-order chi connectivity index (χ0) is 13.1. The molecule has 0 spiro atoms. The number of benzene rings is 1. The Kier molecular flexibility index (Phi) is 3.33. The molecule has 1 unspecified atom stereocenters. The van der Waals surface area contributed by atoms with E-state index in [2.05, 4.69) is 10.3 Å². The maximum absolute atomic E-state index is 13.0. The maximum Gasteiger partial charge on any atom is 0.320 e. The lowest BCUT2D eigenvalue weighted by Gasteiger charge is -2.01. The fourth-order valence-corrected chi connectivity index (χ4v) is 1.45. The molecule has 1 aromatic heterocycles. The van der Waals surface area contributed by atoms with E-state index in [1.54, 1.807) is 12.1 Å². The Labute approximate surface area is 102 Å². The van der Waals surface area contributed by atoms with Crippen molar-refractivity contribution in [3.8, 4) is 5.69 Å². The lowest BCUT2D eigenvalue weighted by Crippen LogP contribution is -2.32. The van der Waals surface area contributed by atoms with Gasteiger partial charge in [0.05, 0.1) is 17.6 Å². The summed E-state index contributed by atoms with van der Waals surface area (Å²) in [6.07, 6.45) is 1.60. The van der Waals surface area contributed by atoms with Gasteiger partial charge in [-0.3, -0.25) is 4.79 Å². The second-order valence-electron chi connectivity index (χ2n) is 3.78. The predicted molar refractivity (Wildman–Crippen MR) is 60.6 cm³/mol. The SMILES string of the molecule is NC(Cc1cn(-c2cccc(F)c2)nn1)C(=O)O. The van der Waals surface area contributed by atoms with Crippen molar-refractivity contribution in [1.82, 2.24) is 15.0 Å². The highest BCUT2D eigenvalue weighted by molar-refractivity contribution is 5.73. The van der Waals surface area contributed by atoms with E-state index in [-0.39, 0.29) is 12.2 Å². The van der Waals surface area contributed by atoms with Gasteiger partial charge in [-0.15, -0.1) is 5.10 Å². The van der Waals surface area contributed by atoms with E-state index in [1.165, 1.54) is 23.0 Å². The first-order valence-electron chi connectivity index (χ1n) is 5.22. The van der Waals surface area contributed by atoms with Crippen molar-refractivity contribution in [3.63, 3.8) is 0 Å². The summed E-state index contributed by atoms with van der Waals surface area (Å²) in [6, 6.07) is 4.81. The van der Waals surface area contributed by atoms with Crippen LogP contribution in [-0.2, 0) is 11.2 Å². The monoisotopic (exact) mass is 250 g/mol. The second kappa shape index (κ2) is 4.92. The van der Waals surface area contributed by atoms with Crippen molar-refractivity contribution in [2.75, 3.05) is 0 Å². The van der Waals surface area contributed by atoms with E-state index in [1.807, 2.05) is 0 Å². The molecule has 2 aromatic rings. The number of aromatic nitrogens is 3. The number of carboxylic acid groups (broad SMARTS) is 1. The summed E-state index contributed by atoms with van der Waals surface area (Å²) in [7, 11) is 0. The molecule has 0 aliphatic heterocycles. The fourth-order valence-electron chi connectivity index (χ4n) is 1.45. The number of hydrogen-bond donors (Lipinski definition) is 2. The van der Waals surface area contributed by atoms with Crippen LogP contribution in [0.15, 0.2) is 30.5 Å². The summed E-state index contributed by atoms with van der Waals surface area (Å²) in [5.74, 6) is -1.48. The smallest absolute Gasteiger partial charge is 0.320 e. The van der Waals surface area contributed by atoms with Gasteiger partial charge < -0.3 is 10.8 Å². The number of carbonyl (C=O) groups is 1. The fraction of sp³-hybridized carbons (Fsp3) is 0.182. The largest absolute Gasteiger partial charge is 0.480 e. The molecule has 0 aliphatic rings. The molecule has 1 atom stereocenters. The van der Waals surface area contributed by atoms with Gasteiger partial charge in [-0.1, -0.05) is 11.3 Å². The first-order chi connectivity index (χ1) is 8.56. The molecule has 0 radical (unpaired) electrons. The van der Waals surface area contributed by atoms with Crippen molar-refractivity contribution >= 4 is 5.97 Å². The summed E-state index contributed by atoms with van der Waals surface area (Å²) in [5, 5.41) is 16.3. The number of halogens is 1. The summed E-state index contributed by atoms with van der Waals surface area (Å²) in [4.78, 5) is 10.6. The van der Waals surface area contributed by atoms with Crippen LogP contribution in [0.3, 0.4) is 0 Å². The summed E-state index contributed by atoms with van der Waals surface area (Å²) >= 11 is 0. The Morgan fingerprint density at radius 1 is 1.56 bits per heavy atom. The predicted octanol–water partition coefficient (Wildman–Crippen LogP) is 0.361. The normalized spacial score (nSPS) is 12.3. The zero-order valence-corrected chi connectivity index (χ0v) is 9.32. The standard InChI is InChI=1S/C11H11FN4O2/c12-7-2-1-3-9(4-7)16-6-8(14-15-16)5-10(13)11(17)18/h1-4,6,10H,5,13H2,(H,17,18). The van der Waals surface area contributed by atoms with Gasteiger partial charge in [0.1, 0.15) is 11.9 Å². The number of nitrogens with two attached hydrogens (primary N) is 1. The van der Waals surface area contributed by atoms with Gasteiger partial charge in [0, 0.05) is 6.42 Å². The van der Waals surface area contributed by atoms with Gasteiger partial charge in [-0.25, -0.2) is 9.07 Å². The van der Waals surface area contributed by atoms with E-state index in [4.69, 9.17) is 10.8 Å². The van der Waals surface area contributed by atoms with Crippen LogP contribution in [0.1, 0.15) is 5.69 Å². The van der Waals surface area contributed by atoms with Crippen molar-refractivity contribution in [3.05, 3.63) is 42.0 Å². The Balaban J connectivity index is 2.18. The molecule has 0 fully saturated rings. The molecule has 2 rings (SSSR count). The van der Waals surface area contributed by atoms with Crippen LogP contribution in [0.5, 0.6) is 0 Å². The van der Waals surface area contributed by atoms with Crippen LogP contribution < -0.4 is 5.73 Å². The van der Waals surface area contributed by atoms with Crippen molar-refractivity contribution in [1.29, 1.82) is 0 Å². The lowest BCUT2D eigenvalue weighted by molar-refractivity contribution is -0.138. The highest BCUT2D eigenvalue weighted by Crippen LogP contribution is 2.09. The Morgan fingerprint density at radius 3 is 3.00 bits per heavy atom. The van der Waals surface area contributed by atoms with Crippen LogP contribution in [0.4, 0.5) is 4.39 Å². The molecule has 0 aliphatic carbocycles. The average Bonchev–Trinajstić information content (AvgIpc) is 2.77. The van der Waals surface area contributed by atoms with Crippen LogP contribution in [0.2, 0.25) is 0 Å². The van der Waals surface area contributed by atoms with Crippen LogP contribution in [0.25, 0.3) is 5.69 Å². The van der Waals surface area contributed by atoms with Gasteiger partial charge in [0.2, 0.25) is 0 Å². The Bertz CT molecular complexity index is 570. The molecule has 94 valence electrons. The molecule has 1 heterocycles. The summed E-state index contributed by atoms with van der Waals surface area (Å²) in [5.41, 5.74) is 6.33. The lowest BCUT2D eigenvalue weighted by atomic mass is 10.2. The molecule has 0 bridgehead atoms. The minimum Gasteiger partial charge on any atom is -0.480 e. The van der Waals surface area contributed by atoms with Crippen LogP contribution in [0, 0.1) is 5.82 Å². The van der Waals surface area contributed by atoms with Crippen LogP contribution >= 0.6 is 0 Å². The molecule has 0 amide bonds. The van der Waals surface area contributed by atoms with E-state index < -0.39 is 12.0 Å². The Morgan fingerprint density at radius 2 is 2.33 bits per heavy atom. The van der Waals surface area contributed by atoms with Gasteiger partial charge in [-0.2, -0.15) is 0 Å². The molecule has 0 saturated heterocycles. The highest BCUT2D eigenvalue weighted by Gasteiger charge is 2.14. The van der Waals surface area contributed by atoms with E-state index in [0.29, 0.717) is 11.4 Å². The molecule has 7 heteroatoms. The average molecular weight is 250 g/mol. The number of hydrogen-bond acceptors (Lipinski definition) is 4. The molecular formula is C11H11FN4O2. The third kappa shape index (κ3) is 2.69. The topological polar surface area (TPSA) is 94.0 Å². The zero-order valence-electron chi connectivity index (χ0n) is 9.32. The van der Waals surface area contributed by atoms with E-state index >= 15 is 0 Å².